The molecule has 1 unspecified atom stereocenters. The molecule has 0 fully saturated rings. The second-order valence-electron chi connectivity index (χ2n) is 4.32. The number of halogens is 2. The summed E-state index contributed by atoms with van der Waals surface area (Å²) >= 11 is 11.9. The van der Waals surface area contributed by atoms with Crippen LogP contribution in [-0.2, 0) is 6.54 Å². The quantitative estimate of drug-likeness (QED) is 0.796. The summed E-state index contributed by atoms with van der Waals surface area (Å²) in [6.45, 7) is 7.00. The molecule has 0 radical (unpaired) electrons. The first kappa shape index (κ1) is 12.8. The molecule has 0 bridgehead atoms. The lowest BCUT2D eigenvalue weighted by Crippen LogP contribution is -2.45. The van der Waals surface area contributed by atoms with Crippen LogP contribution in [0.25, 0.3) is 0 Å². The monoisotopic (exact) mass is 245 g/mol. The minimum absolute atomic E-state index is 0.0683. The van der Waals surface area contributed by atoms with Crippen LogP contribution >= 0.6 is 23.2 Å². The maximum absolute atomic E-state index is 6.08. The molecular formula is C12H17Cl2N. The van der Waals surface area contributed by atoms with E-state index in [1.807, 2.05) is 31.2 Å². The van der Waals surface area contributed by atoms with E-state index >= 15 is 0 Å². The molecule has 1 N–H and O–H groups in total. The number of hydrogen-bond acceptors (Lipinski definition) is 1. The molecule has 0 aromatic heterocycles. The van der Waals surface area contributed by atoms with Crippen molar-refractivity contribution in [2.24, 2.45) is 0 Å². The molecule has 3 heteroatoms. The zero-order valence-electron chi connectivity index (χ0n) is 9.35. The molecule has 0 aliphatic rings. The average molecular weight is 246 g/mol. The molecule has 0 saturated heterocycles. The van der Waals surface area contributed by atoms with Gasteiger partial charge in [-0.2, -0.15) is 0 Å². The largest absolute Gasteiger partial charge is 0.306 e. The van der Waals surface area contributed by atoms with Gasteiger partial charge in [-0.15, -0.1) is 11.6 Å². The number of benzene rings is 1. The van der Waals surface area contributed by atoms with Crippen LogP contribution in [0.2, 0.25) is 5.02 Å². The Hall–Kier alpha value is -0.240. The average Bonchev–Trinajstić information content (AvgIpc) is 2.17. The van der Waals surface area contributed by atoms with Crippen molar-refractivity contribution in [3.8, 4) is 0 Å². The third-order valence-corrected chi connectivity index (χ3v) is 3.45. The van der Waals surface area contributed by atoms with Crippen molar-refractivity contribution in [3.05, 3.63) is 34.9 Å². The van der Waals surface area contributed by atoms with Gasteiger partial charge in [0.1, 0.15) is 0 Å². The van der Waals surface area contributed by atoms with Gasteiger partial charge in [0.05, 0.1) is 0 Å². The van der Waals surface area contributed by atoms with Gasteiger partial charge in [-0.25, -0.2) is 0 Å². The highest BCUT2D eigenvalue weighted by atomic mass is 35.5. The molecule has 0 amide bonds. The zero-order valence-corrected chi connectivity index (χ0v) is 10.9. The fraction of sp³-hybridized carbons (Fsp3) is 0.500. The molecule has 1 aromatic rings. The van der Waals surface area contributed by atoms with E-state index in [1.165, 1.54) is 5.56 Å². The Morgan fingerprint density at radius 3 is 2.27 bits per heavy atom. The van der Waals surface area contributed by atoms with Crippen LogP contribution in [0.5, 0.6) is 0 Å². The smallest absolute Gasteiger partial charge is 0.0484 e. The molecule has 1 nitrogen and oxygen atoms in total. The third-order valence-electron chi connectivity index (χ3n) is 2.66. The van der Waals surface area contributed by atoms with E-state index in [0.717, 1.165) is 11.6 Å². The van der Waals surface area contributed by atoms with E-state index in [1.54, 1.807) is 0 Å². The third kappa shape index (κ3) is 4.02. The van der Waals surface area contributed by atoms with Crippen molar-refractivity contribution in [1.29, 1.82) is 0 Å². The Balaban J connectivity index is 2.54. The number of nitrogens with one attached hydrogen (secondary N) is 1. The summed E-state index contributed by atoms with van der Waals surface area (Å²) in [5.41, 5.74) is 1.14. The van der Waals surface area contributed by atoms with Gasteiger partial charge in [0.15, 0.2) is 0 Å². The molecule has 0 aliphatic heterocycles. The van der Waals surface area contributed by atoms with Crippen LogP contribution in [0.15, 0.2) is 24.3 Å². The van der Waals surface area contributed by atoms with Crippen LogP contribution in [0.3, 0.4) is 0 Å². The minimum Gasteiger partial charge on any atom is -0.306 e. The van der Waals surface area contributed by atoms with Gasteiger partial charge in [-0.1, -0.05) is 23.7 Å². The van der Waals surface area contributed by atoms with Gasteiger partial charge in [0.2, 0.25) is 0 Å². The maximum Gasteiger partial charge on any atom is 0.0484 e. The maximum atomic E-state index is 6.08. The van der Waals surface area contributed by atoms with Gasteiger partial charge in [0.25, 0.3) is 0 Å². The van der Waals surface area contributed by atoms with Gasteiger partial charge < -0.3 is 5.32 Å². The van der Waals surface area contributed by atoms with E-state index in [4.69, 9.17) is 23.2 Å². The second kappa shape index (κ2) is 5.20. The van der Waals surface area contributed by atoms with Gasteiger partial charge in [-0.05, 0) is 38.5 Å². The van der Waals surface area contributed by atoms with Crippen molar-refractivity contribution < 1.29 is 0 Å². The summed E-state index contributed by atoms with van der Waals surface area (Å²) < 4.78 is 0. The summed E-state index contributed by atoms with van der Waals surface area (Å²) in [4.78, 5) is 0. The van der Waals surface area contributed by atoms with Gasteiger partial charge in [-0.3, -0.25) is 0 Å². The highest BCUT2D eigenvalue weighted by Gasteiger charge is 2.22. The van der Waals surface area contributed by atoms with Crippen LogP contribution in [-0.4, -0.2) is 10.9 Å². The van der Waals surface area contributed by atoms with E-state index < -0.39 is 0 Å². The predicted octanol–water partition coefficient (Wildman–Crippen LogP) is 3.84. The van der Waals surface area contributed by atoms with Gasteiger partial charge >= 0.3 is 0 Å². The topological polar surface area (TPSA) is 12.0 Å². The lowest BCUT2D eigenvalue weighted by molar-refractivity contribution is 0.380. The normalized spacial score (nSPS) is 13.9. The molecule has 1 aromatic carbocycles. The van der Waals surface area contributed by atoms with Crippen LogP contribution < -0.4 is 5.32 Å². The van der Waals surface area contributed by atoms with Crippen LogP contribution in [0, 0.1) is 0 Å². The lowest BCUT2D eigenvalue weighted by Gasteiger charge is -2.29. The molecule has 0 aliphatic carbocycles. The molecule has 0 heterocycles. The Morgan fingerprint density at radius 2 is 1.80 bits per heavy atom. The molecule has 84 valence electrons. The fourth-order valence-electron chi connectivity index (χ4n) is 1.07. The Labute approximate surface area is 102 Å². The Morgan fingerprint density at radius 1 is 1.27 bits per heavy atom. The molecular weight excluding hydrogens is 229 g/mol. The van der Waals surface area contributed by atoms with Crippen LogP contribution in [0.4, 0.5) is 0 Å². The van der Waals surface area contributed by atoms with E-state index in [2.05, 4.69) is 19.2 Å². The lowest BCUT2D eigenvalue weighted by atomic mass is 10.0. The summed E-state index contributed by atoms with van der Waals surface area (Å²) in [5, 5.41) is 4.27. The molecule has 1 atom stereocenters. The van der Waals surface area contributed by atoms with E-state index in [0.29, 0.717) is 0 Å². The summed E-state index contributed by atoms with van der Waals surface area (Å²) in [5.74, 6) is 0. The molecule has 15 heavy (non-hydrogen) atoms. The summed E-state index contributed by atoms with van der Waals surface area (Å²) in [6.07, 6.45) is 0. The zero-order chi connectivity index (χ0) is 11.5. The summed E-state index contributed by atoms with van der Waals surface area (Å²) in [6, 6.07) is 7.83. The van der Waals surface area contributed by atoms with Gasteiger partial charge in [0, 0.05) is 22.5 Å². The Bertz CT molecular complexity index is 304. The van der Waals surface area contributed by atoms with E-state index in [-0.39, 0.29) is 10.9 Å². The molecule has 1 rings (SSSR count). The van der Waals surface area contributed by atoms with Crippen molar-refractivity contribution >= 4 is 23.2 Å². The highest BCUT2D eigenvalue weighted by molar-refractivity contribution is 6.30. The number of hydrogen-bond donors (Lipinski definition) is 1. The SMILES string of the molecule is CC(Cl)C(C)(C)NCc1ccc(Cl)cc1. The highest BCUT2D eigenvalue weighted by Crippen LogP contribution is 2.16. The predicted molar refractivity (Wildman–Crippen MR) is 67.7 cm³/mol. The first-order valence-electron chi connectivity index (χ1n) is 5.05. The van der Waals surface area contributed by atoms with Crippen molar-refractivity contribution in [2.45, 2.75) is 38.2 Å². The minimum atomic E-state index is -0.0683. The van der Waals surface area contributed by atoms with Crippen molar-refractivity contribution in [2.75, 3.05) is 0 Å². The first-order valence-corrected chi connectivity index (χ1v) is 5.87. The Kier molecular flexibility index (Phi) is 4.45. The number of alkyl halides is 1. The molecule has 0 spiro atoms. The molecule has 0 saturated carbocycles. The standard InChI is InChI=1S/C12H17Cl2N/c1-9(13)12(2,3)15-8-10-4-6-11(14)7-5-10/h4-7,9,15H,8H2,1-3H3. The second-order valence-corrected chi connectivity index (χ2v) is 5.41. The van der Waals surface area contributed by atoms with Crippen molar-refractivity contribution in [1.82, 2.24) is 5.32 Å². The van der Waals surface area contributed by atoms with E-state index in [9.17, 15) is 0 Å². The summed E-state index contributed by atoms with van der Waals surface area (Å²) in [7, 11) is 0. The van der Waals surface area contributed by atoms with Crippen LogP contribution in [0.1, 0.15) is 26.3 Å². The number of rotatable bonds is 4. The fourth-order valence-corrected chi connectivity index (χ4v) is 1.28. The van der Waals surface area contributed by atoms with Crippen molar-refractivity contribution in [3.63, 3.8) is 0 Å². The first-order chi connectivity index (χ1) is 6.92.